The van der Waals surface area contributed by atoms with Crippen molar-refractivity contribution in [2.75, 3.05) is 0 Å². The molecule has 26 valence electrons. The molecule has 0 bridgehead atoms. The van der Waals surface area contributed by atoms with Crippen molar-refractivity contribution in [1.82, 2.24) is 0 Å². The van der Waals surface area contributed by atoms with Gasteiger partial charge in [0.1, 0.15) is 0 Å². The summed E-state index contributed by atoms with van der Waals surface area (Å²) in [5.74, 6) is 0. The van der Waals surface area contributed by atoms with Gasteiger partial charge in [-0.15, -0.1) is 0 Å². The van der Waals surface area contributed by atoms with E-state index in [2.05, 4.69) is 0 Å². The van der Waals surface area contributed by atoms with Crippen molar-refractivity contribution >= 4 is 0 Å². The van der Waals surface area contributed by atoms with Crippen LogP contribution in [-0.4, -0.2) is 0 Å². The molecule has 0 aromatic carbocycles. The summed E-state index contributed by atoms with van der Waals surface area (Å²) in [4.78, 5) is 0. The molecule has 0 spiro atoms. The van der Waals surface area contributed by atoms with Crippen LogP contribution in [0.4, 0.5) is 13.2 Å². The Morgan fingerprint density at radius 1 is 1.00 bits per heavy atom. The van der Waals surface area contributed by atoms with Crippen LogP contribution in [0.3, 0.4) is 0 Å². The second kappa shape index (κ2) is 4.98. The molecule has 0 fully saturated rings. The van der Waals surface area contributed by atoms with Crippen LogP contribution in [-0.2, 0) is 0 Å². The second-order valence-electron chi connectivity index (χ2n) is 0.214. The van der Waals surface area contributed by atoms with Crippen molar-refractivity contribution in [3.05, 3.63) is 6.68 Å². The summed E-state index contributed by atoms with van der Waals surface area (Å²) in [6.07, 6.45) is 0. The predicted octanol–water partition coefficient (Wildman–Crippen LogP) is 1.34. The van der Waals surface area contributed by atoms with Gasteiger partial charge in [-0.25, -0.2) is 0 Å². The van der Waals surface area contributed by atoms with Crippen LogP contribution < -0.4 is 0 Å². The quantitative estimate of drug-likeness (QED) is 0.527. The van der Waals surface area contributed by atoms with Gasteiger partial charge >= 0.3 is 35.6 Å². The van der Waals surface area contributed by atoms with E-state index in [1.165, 1.54) is 0 Å². The molecule has 0 heterocycles. The SMILES string of the molecule is F[C-](F)F.[La+3]. The Labute approximate surface area is 55.3 Å². The monoisotopic (exact) mass is 208 g/mol. The molecule has 5 heavy (non-hydrogen) atoms. The van der Waals surface area contributed by atoms with Gasteiger partial charge in [0.2, 0.25) is 0 Å². The Kier molecular flexibility index (Phi) is 9.34. The van der Waals surface area contributed by atoms with Crippen molar-refractivity contribution in [3.63, 3.8) is 0 Å². The zero-order chi connectivity index (χ0) is 3.58. The molecular formula is CF3La+2. The Balaban J connectivity index is 0. The fourth-order valence-electron chi connectivity index (χ4n) is 0. The molecule has 0 amide bonds. The Morgan fingerprint density at radius 3 is 1.00 bits per heavy atom. The average Bonchev–Trinajstić information content (AvgIpc) is 0.811. The third-order valence-electron chi connectivity index (χ3n) is 0. The van der Waals surface area contributed by atoms with Gasteiger partial charge in [-0.05, 0) is 0 Å². The van der Waals surface area contributed by atoms with E-state index in [0.717, 1.165) is 0 Å². The van der Waals surface area contributed by atoms with Crippen LogP contribution in [0, 0.1) is 42.3 Å². The van der Waals surface area contributed by atoms with E-state index in [0.29, 0.717) is 0 Å². The standard InChI is InChI=1S/CF3.La/c2-1(3)4;/q-1;+3. The molecule has 0 saturated carbocycles. The predicted molar refractivity (Wildman–Crippen MR) is 6.57 cm³/mol. The van der Waals surface area contributed by atoms with Crippen LogP contribution in [0.15, 0.2) is 0 Å². The molecule has 0 unspecified atom stereocenters. The maximum Gasteiger partial charge on any atom is 3.00 e. The average molecular weight is 208 g/mol. The fraction of sp³-hybridized carbons (Fsp3) is 0. The Morgan fingerprint density at radius 2 is 1.00 bits per heavy atom. The molecule has 0 N–H and O–H groups in total. The topological polar surface area (TPSA) is 0 Å². The van der Waals surface area contributed by atoms with E-state index < -0.39 is 6.68 Å². The minimum absolute atomic E-state index is 0. The molecule has 0 saturated heterocycles. The molecule has 0 aromatic heterocycles. The third-order valence-corrected chi connectivity index (χ3v) is 0. The third kappa shape index (κ3) is 45.8. The molecule has 0 aromatic rings. The molecule has 0 nitrogen and oxygen atoms in total. The van der Waals surface area contributed by atoms with Crippen LogP contribution in [0.25, 0.3) is 0 Å². The Hall–Kier alpha value is 0.985. The summed E-state index contributed by atoms with van der Waals surface area (Å²) in [5.41, 5.74) is 0. The first-order valence-electron chi connectivity index (χ1n) is 0.567. The number of hydrogen-bond acceptors (Lipinski definition) is 0. The molecule has 0 aliphatic rings. The van der Waals surface area contributed by atoms with Gasteiger partial charge in [0.05, 0.1) is 0 Å². The zero-order valence-electron chi connectivity index (χ0n) is 2.21. The zero-order valence-corrected chi connectivity index (χ0v) is 5.84. The summed E-state index contributed by atoms with van der Waals surface area (Å²) in [6.45, 7) is -3.08. The van der Waals surface area contributed by atoms with E-state index in [-0.39, 0.29) is 35.6 Å². The first kappa shape index (κ1) is 9.37. The summed E-state index contributed by atoms with van der Waals surface area (Å²) in [7, 11) is 0. The van der Waals surface area contributed by atoms with Crippen LogP contribution in [0.1, 0.15) is 0 Å². The molecular weight excluding hydrogens is 208 g/mol. The molecule has 0 radical (unpaired) electrons. The van der Waals surface area contributed by atoms with Gasteiger partial charge in [0.25, 0.3) is 0 Å². The summed E-state index contributed by atoms with van der Waals surface area (Å²) in [5, 5.41) is 0. The van der Waals surface area contributed by atoms with Crippen LogP contribution in [0.5, 0.6) is 0 Å². The minimum Gasteiger partial charge on any atom is -0.385 e. The summed E-state index contributed by atoms with van der Waals surface area (Å²) >= 11 is 0. The van der Waals surface area contributed by atoms with Gasteiger partial charge in [-0.1, -0.05) is 0 Å². The number of rotatable bonds is 0. The first-order valence-corrected chi connectivity index (χ1v) is 0.567. The van der Waals surface area contributed by atoms with Crippen molar-refractivity contribution < 1.29 is 48.8 Å². The second-order valence-corrected chi connectivity index (χ2v) is 0.214. The van der Waals surface area contributed by atoms with E-state index in [1.54, 1.807) is 0 Å². The summed E-state index contributed by atoms with van der Waals surface area (Å²) in [6, 6.07) is 0. The molecule has 0 rings (SSSR count). The van der Waals surface area contributed by atoms with Crippen LogP contribution in [0.2, 0.25) is 0 Å². The number of hydrogen-bond donors (Lipinski definition) is 0. The summed E-state index contributed by atoms with van der Waals surface area (Å²) < 4.78 is 28.8. The van der Waals surface area contributed by atoms with E-state index in [4.69, 9.17) is 0 Å². The maximum absolute atomic E-state index is 9.58. The maximum atomic E-state index is 9.58. The van der Waals surface area contributed by atoms with Crippen molar-refractivity contribution in [1.29, 1.82) is 0 Å². The normalized spacial score (nSPS) is 7.20. The molecule has 4 heteroatoms. The minimum atomic E-state index is -3.08. The van der Waals surface area contributed by atoms with Gasteiger partial charge in [0, 0.05) is 0 Å². The molecule has 0 aliphatic carbocycles. The molecule has 0 atom stereocenters. The van der Waals surface area contributed by atoms with Gasteiger partial charge in [0.15, 0.2) is 6.68 Å². The first-order chi connectivity index (χ1) is 1.73. The largest absolute Gasteiger partial charge is 3.00 e. The Bertz CT molecular complexity index is 11.6. The van der Waals surface area contributed by atoms with E-state index >= 15 is 0 Å². The van der Waals surface area contributed by atoms with Crippen molar-refractivity contribution in [3.8, 4) is 0 Å². The van der Waals surface area contributed by atoms with Gasteiger partial charge in [-0.3, -0.25) is 0 Å². The number of halogens is 3. The van der Waals surface area contributed by atoms with Crippen LogP contribution >= 0.6 is 0 Å². The van der Waals surface area contributed by atoms with E-state index in [9.17, 15) is 13.2 Å². The van der Waals surface area contributed by atoms with Crippen molar-refractivity contribution in [2.45, 2.75) is 0 Å². The van der Waals surface area contributed by atoms with E-state index in [1.807, 2.05) is 0 Å². The van der Waals surface area contributed by atoms with Crippen molar-refractivity contribution in [2.24, 2.45) is 0 Å². The fourth-order valence-corrected chi connectivity index (χ4v) is 0. The smallest absolute Gasteiger partial charge is 0.385 e. The van der Waals surface area contributed by atoms with Gasteiger partial charge in [-0.2, -0.15) is 0 Å². The molecule has 0 aliphatic heterocycles. The van der Waals surface area contributed by atoms with Gasteiger partial charge < -0.3 is 13.2 Å².